The zero-order valence-electron chi connectivity index (χ0n) is 5.42. The van der Waals surface area contributed by atoms with E-state index in [2.05, 4.69) is 15.6 Å². The fraction of sp³-hybridized carbons (Fsp3) is 0.500. The topological polar surface area (TPSA) is 70.5 Å². The highest BCUT2D eigenvalue weighted by Crippen LogP contribution is 2.20. The van der Waals surface area contributed by atoms with Crippen molar-refractivity contribution >= 4 is 8.25 Å². The van der Waals surface area contributed by atoms with Gasteiger partial charge in [-0.25, -0.2) is 0 Å². The van der Waals surface area contributed by atoms with Crippen LogP contribution in [0.5, 0.6) is 0 Å². The summed E-state index contributed by atoms with van der Waals surface area (Å²) in [5, 5.41) is 0. The van der Waals surface area contributed by atoms with E-state index in [1.807, 2.05) is 0 Å². The first-order valence-electron chi connectivity index (χ1n) is 2.13. The van der Waals surface area contributed by atoms with Gasteiger partial charge in [-0.15, -0.1) is 6.58 Å². The largest absolute Gasteiger partial charge is 0.344 e. The zero-order chi connectivity index (χ0) is 6.41. The highest BCUT2D eigenvalue weighted by Gasteiger charge is 1.89. The Balaban J connectivity index is 0. The third-order valence-electron chi connectivity index (χ3n) is 0.486. The number of rotatable bonds is 4. The van der Waals surface area contributed by atoms with Gasteiger partial charge >= 0.3 is 8.25 Å². The summed E-state index contributed by atoms with van der Waals surface area (Å²) in [6, 6.07) is 0. The molecule has 0 aliphatic heterocycles. The molecule has 5 heteroatoms. The molecule has 56 valence electrons. The lowest BCUT2D eigenvalue weighted by Crippen LogP contribution is -1.78. The van der Waals surface area contributed by atoms with Crippen LogP contribution in [0, 0.1) is 0 Å². The predicted molar refractivity (Wildman–Crippen MR) is 37.2 cm³/mol. The van der Waals surface area contributed by atoms with E-state index in [4.69, 9.17) is 0 Å². The van der Waals surface area contributed by atoms with Crippen molar-refractivity contribution in [2.45, 2.75) is 0 Å². The Morgan fingerprint density at radius 3 is 2.67 bits per heavy atom. The van der Waals surface area contributed by atoms with Gasteiger partial charge in [-0.1, -0.05) is 6.08 Å². The molecule has 9 heavy (non-hydrogen) atoms. The molecule has 4 nitrogen and oxygen atoms in total. The minimum atomic E-state index is -2.21. The van der Waals surface area contributed by atoms with Crippen molar-refractivity contribution in [3.8, 4) is 0 Å². The first-order valence-corrected chi connectivity index (χ1v) is 3.35. The molecule has 3 N–H and O–H groups in total. The number of hydrogen-bond donors (Lipinski definition) is 1. The second kappa shape index (κ2) is 7.85. The molecule has 0 radical (unpaired) electrons. The van der Waals surface area contributed by atoms with Gasteiger partial charge in [0.25, 0.3) is 0 Å². The van der Waals surface area contributed by atoms with Gasteiger partial charge in [-0.2, -0.15) is 0 Å². The quantitative estimate of drug-likeness (QED) is 0.489. The van der Waals surface area contributed by atoms with Gasteiger partial charge in [0.05, 0.1) is 6.61 Å². The Hall–Kier alpha value is -0.150. The molecule has 0 amide bonds. The minimum Gasteiger partial charge on any atom is -0.344 e. The molecule has 0 aliphatic rings. The van der Waals surface area contributed by atoms with E-state index in [1.165, 1.54) is 13.2 Å². The molecular weight excluding hydrogens is 141 g/mol. The van der Waals surface area contributed by atoms with Crippen LogP contribution >= 0.6 is 8.25 Å². The zero-order valence-corrected chi connectivity index (χ0v) is 6.42. The summed E-state index contributed by atoms with van der Waals surface area (Å²) in [6.45, 7) is 3.65. The summed E-state index contributed by atoms with van der Waals surface area (Å²) in [7, 11) is -0.875. The summed E-state index contributed by atoms with van der Waals surface area (Å²) < 4.78 is 19.1. The van der Waals surface area contributed by atoms with Crippen molar-refractivity contribution in [2.75, 3.05) is 13.7 Å². The normalized spacial score (nSPS) is 11.7. The molecule has 0 aromatic rings. The molecule has 0 aliphatic carbocycles. The molecule has 1 atom stereocenters. The van der Waals surface area contributed by atoms with Gasteiger partial charge in [0, 0.05) is 7.11 Å². The van der Waals surface area contributed by atoms with E-state index < -0.39 is 8.25 Å². The van der Waals surface area contributed by atoms with Crippen LogP contribution in [0.1, 0.15) is 0 Å². The van der Waals surface area contributed by atoms with Crippen LogP contribution in [-0.4, -0.2) is 13.7 Å². The summed E-state index contributed by atoms with van der Waals surface area (Å²) in [5.74, 6) is 0. The SMILES string of the molecule is C=CCO[PH](=O)OC.N. The molecule has 0 fully saturated rings. The van der Waals surface area contributed by atoms with Crippen LogP contribution < -0.4 is 6.15 Å². The molecule has 0 saturated heterocycles. The van der Waals surface area contributed by atoms with Gasteiger partial charge in [0.15, 0.2) is 0 Å². The van der Waals surface area contributed by atoms with Crippen LogP contribution in [0.2, 0.25) is 0 Å². The molecule has 1 unspecified atom stereocenters. The van der Waals surface area contributed by atoms with Gasteiger partial charge in [-0.05, 0) is 0 Å². The van der Waals surface area contributed by atoms with Crippen molar-refractivity contribution in [1.82, 2.24) is 6.15 Å². The molecule has 0 aromatic heterocycles. The van der Waals surface area contributed by atoms with Crippen molar-refractivity contribution in [3.63, 3.8) is 0 Å². The average molecular weight is 153 g/mol. The van der Waals surface area contributed by atoms with E-state index >= 15 is 0 Å². The fourth-order valence-corrected chi connectivity index (χ4v) is 0.558. The van der Waals surface area contributed by atoms with Gasteiger partial charge in [-0.3, -0.25) is 4.57 Å². The van der Waals surface area contributed by atoms with Crippen LogP contribution in [0.3, 0.4) is 0 Å². The lowest BCUT2D eigenvalue weighted by Gasteiger charge is -1.94. The predicted octanol–water partition coefficient (Wildman–Crippen LogP) is 1.39. The first kappa shape index (κ1) is 11.6. The molecule has 0 bridgehead atoms. The van der Waals surface area contributed by atoms with Crippen LogP contribution in [-0.2, 0) is 13.6 Å². The van der Waals surface area contributed by atoms with E-state index in [1.54, 1.807) is 0 Å². The standard InChI is InChI=1S/C4H9O3P.H3N/c1-3-4-7-8(5)6-2;/h3,8H,1,4H2,2H3;1H3. The van der Waals surface area contributed by atoms with E-state index in [0.29, 0.717) is 0 Å². The van der Waals surface area contributed by atoms with Gasteiger partial charge < -0.3 is 15.2 Å². The average Bonchev–Trinajstić information content (AvgIpc) is 1.83. The Morgan fingerprint density at radius 2 is 2.33 bits per heavy atom. The summed E-state index contributed by atoms with van der Waals surface area (Å²) in [5.41, 5.74) is 0. The smallest absolute Gasteiger partial charge is 0.319 e. The van der Waals surface area contributed by atoms with Gasteiger partial charge in [0.1, 0.15) is 0 Å². The second-order valence-electron chi connectivity index (χ2n) is 1.05. The molecule has 0 spiro atoms. The maximum atomic E-state index is 10.3. The van der Waals surface area contributed by atoms with Crippen LogP contribution in [0.15, 0.2) is 12.7 Å². The maximum Gasteiger partial charge on any atom is 0.319 e. The lowest BCUT2D eigenvalue weighted by molar-refractivity contribution is 0.280. The van der Waals surface area contributed by atoms with Crippen molar-refractivity contribution in [3.05, 3.63) is 12.7 Å². The van der Waals surface area contributed by atoms with E-state index in [0.717, 1.165) is 0 Å². The third-order valence-corrected chi connectivity index (χ3v) is 1.22. The lowest BCUT2D eigenvalue weighted by atomic mass is 10.7. The summed E-state index contributed by atoms with van der Waals surface area (Å²) >= 11 is 0. The van der Waals surface area contributed by atoms with E-state index in [-0.39, 0.29) is 12.8 Å². The highest BCUT2D eigenvalue weighted by molar-refractivity contribution is 7.33. The Kier molecular flexibility index (Phi) is 10.1. The molecule has 0 aromatic carbocycles. The molecule has 0 rings (SSSR count). The van der Waals surface area contributed by atoms with Gasteiger partial charge in [0.2, 0.25) is 0 Å². The third kappa shape index (κ3) is 7.85. The summed E-state index contributed by atoms with van der Waals surface area (Å²) in [4.78, 5) is 0. The minimum absolute atomic E-state index is 0. The Labute approximate surface area is 55.4 Å². The van der Waals surface area contributed by atoms with E-state index in [9.17, 15) is 4.57 Å². The van der Waals surface area contributed by atoms with Crippen molar-refractivity contribution in [1.29, 1.82) is 0 Å². The monoisotopic (exact) mass is 153 g/mol. The second-order valence-corrected chi connectivity index (χ2v) is 2.25. The highest BCUT2D eigenvalue weighted by atomic mass is 31.1. The fourth-order valence-electron chi connectivity index (χ4n) is 0.186. The van der Waals surface area contributed by atoms with Crippen LogP contribution in [0.25, 0.3) is 0 Å². The molecule has 0 heterocycles. The van der Waals surface area contributed by atoms with Crippen molar-refractivity contribution in [2.24, 2.45) is 0 Å². The van der Waals surface area contributed by atoms with Crippen molar-refractivity contribution < 1.29 is 13.6 Å². The Bertz CT molecular complexity index is 95.8. The number of hydrogen-bond acceptors (Lipinski definition) is 4. The molecule has 0 saturated carbocycles. The summed E-state index contributed by atoms with van der Waals surface area (Å²) in [6.07, 6.45) is 1.52. The first-order chi connectivity index (χ1) is 3.81. The molecular formula is C4H12NO3P. The van der Waals surface area contributed by atoms with Crippen LogP contribution in [0.4, 0.5) is 0 Å². The maximum absolute atomic E-state index is 10.3. The Morgan fingerprint density at radius 1 is 1.78 bits per heavy atom.